The van der Waals surface area contributed by atoms with Crippen LogP contribution in [0.5, 0.6) is 5.75 Å². The van der Waals surface area contributed by atoms with Crippen LogP contribution in [0.25, 0.3) is 0 Å². The van der Waals surface area contributed by atoms with Crippen molar-refractivity contribution < 1.29 is 9.13 Å². The minimum absolute atomic E-state index is 0.207. The van der Waals surface area contributed by atoms with Gasteiger partial charge in [0.05, 0.1) is 11.1 Å². The Morgan fingerprint density at radius 2 is 2.27 bits per heavy atom. The molecule has 0 atom stereocenters. The van der Waals surface area contributed by atoms with Crippen molar-refractivity contribution in [2.45, 2.75) is 6.42 Å². The quantitative estimate of drug-likeness (QED) is 0.648. The first-order valence-electron chi connectivity index (χ1n) is 3.38. The monoisotopic (exact) mass is 216 g/mol. The van der Waals surface area contributed by atoms with E-state index in [1.165, 1.54) is 12.1 Å². The molecule has 0 amide bonds. The fourth-order valence-electron chi connectivity index (χ4n) is 1.22. The fourth-order valence-corrected chi connectivity index (χ4v) is 1.81. The SMILES string of the molecule is Fc1cc(Br)c2c(c1)CCO2. The van der Waals surface area contributed by atoms with E-state index in [1.807, 2.05) is 0 Å². The summed E-state index contributed by atoms with van der Waals surface area (Å²) >= 11 is 3.23. The average molecular weight is 217 g/mol. The van der Waals surface area contributed by atoms with Crippen molar-refractivity contribution in [1.82, 2.24) is 0 Å². The Hall–Kier alpha value is -0.570. The molecule has 0 radical (unpaired) electrons. The predicted molar refractivity (Wildman–Crippen MR) is 43.3 cm³/mol. The van der Waals surface area contributed by atoms with Crippen molar-refractivity contribution in [3.63, 3.8) is 0 Å². The number of hydrogen-bond donors (Lipinski definition) is 0. The summed E-state index contributed by atoms with van der Waals surface area (Å²) in [5, 5.41) is 0. The summed E-state index contributed by atoms with van der Waals surface area (Å²) < 4.78 is 18.7. The molecule has 1 nitrogen and oxygen atoms in total. The van der Waals surface area contributed by atoms with E-state index in [4.69, 9.17) is 4.74 Å². The lowest BCUT2D eigenvalue weighted by molar-refractivity contribution is 0.354. The third-order valence-electron chi connectivity index (χ3n) is 1.70. The zero-order valence-corrected chi connectivity index (χ0v) is 7.32. The summed E-state index contributed by atoms with van der Waals surface area (Å²) in [6.07, 6.45) is 0.811. The lowest BCUT2D eigenvalue weighted by Gasteiger charge is -2.00. The average Bonchev–Trinajstić information content (AvgIpc) is 2.34. The van der Waals surface area contributed by atoms with Gasteiger partial charge in [-0.1, -0.05) is 0 Å². The Morgan fingerprint density at radius 1 is 1.45 bits per heavy atom. The van der Waals surface area contributed by atoms with Gasteiger partial charge < -0.3 is 4.74 Å². The summed E-state index contributed by atoms with van der Waals surface area (Å²) in [6.45, 7) is 0.664. The van der Waals surface area contributed by atoms with E-state index in [9.17, 15) is 4.39 Å². The van der Waals surface area contributed by atoms with Crippen LogP contribution >= 0.6 is 15.9 Å². The van der Waals surface area contributed by atoms with Crippen LogP contribution in [0.15, 0.2) is 16.6 Å². The number of ether oxygens (including phenoxy) is 1. The van der Waals surface area contributed by atoms with Crippen LogP contribution in [0.2, 0.25) is 0 Å². The molecule has 0 spiro atoms. The van der Waals surface area contributed by atoms with Gasteiger partial charge in [-0.3, -0.25) is 0 Å². The molecule has 1 aliphatic rings. The van der Waals surface area contributed by atoms with Crippen molar-refractivity contribution in [3.05, 3.63) is 28.0 Å². The van der Waals surface area contributed by atoms with Gasteiger partial charge in [-0.15, -0.1) is 0 Å². The largest absolute Gasteiger partial charge is 0.492 e. The molecule has 0 saturated carbocycles. The van der Waals surface area contributed by atoms with E-state index in [0.29, 0.717) is 11.1 Å². The van der Waals surface area contributed by atoms with Crippen molar-refractivity contribution in [2.24, 2.45) is 0 Å². The number of fused-ring (bicyclic) bond motifs is 1. The van der Waals surface area contributed by atoms with E-state index in [-0.39, 0.29) is 5.82 Å². The smallest absolute Gasteiger partial charge is 0.137 e. The molecular weight excluding hydrogens is 211 g/mol. The van der Waals surface area contributed by atoms with Crippen LogP contribution in [0.1, 0.15) is 5.56 Å². The van der Waals surface area contributed by atoms with Crippen molar-refractivity contribution in [1.29, 1.82) is 0 Å². The third-order valence-corrected chi connectivity index (χ3v) is 2.29. The van der Waals surface area contributed by atoms with E-state index >= 15 is 0 Å². The molecule has 1 heterocycles. The highest BCUT2D eigenvalue weighted by Crippen LogP contribution is 2.34. The molecule has 1 aromatic rings. The maximum Gasteiger partial charge on any atom is 0.137 e. The van der Waals surface area contributed by atoms with E-state index in [0.717, 1.165) is 17.7 Å². The van der Waals surface area contributed by atoms with Gasteiger partial charge in [0.15, 0.2) is 0 Å². The molecule has 0 saturated heterocycles. The van der Waals surface area contributed by atoms with Crippen LogP contribution < -0.4 is 4.74 Å². The maximum absolute atomic E-state index is 12.7. The maximum atomic E-state index is 12.7. The molecule has 0 N–H and O–H groups in total. The minimum atomic E-state index is -0.207. The van der Waals surface area contributed by atoms with Gasteiger partial charge in [0, 0.05) is 12.0 Å². The van der Waals surface area contributed by atoms with Crippen LogP contribution in [0.3, 0.4) is 0 Å². The topological polar surface area (TPSA) is 9.23 Å². The van der Waals surface area contributed by atoms with Gasteiger partial charge >= 0.3 is 0 Å². The molecule has 0 unspecified atom stereocenters. The number of rotatable bonds is 0. The highest BCUT2D eigenvalue weighted by molar-refractivity contribution is 9.10. The molecule has 11 heavy (non-hydrogen) atoms. The third kappa shape index (κ3) is 1.13. The molecular formula is C8H6BrFO. The van der Waals surface area contributed by atoms with Gasteiger partial charge in [0.1, 0.15) is 11.6 Å². The summed E-state index contributed by atoms with van der Waals surface area (Å²) in [4.78, 5) is 0. The molecule has 2 rings (SSSR count). The fraction of sp³-hybridized carbons (Fsp3) is 0.250. The number of benzene rings is 1. The van der Waals surface area contributed by atoms with Crippen molar-refractivity contribution in [3.8, 4) is 5.75 Å². The lowest BCUT2D eigenvalue weighted by Crippen LogP contribution is -1.86. The highest BCUT2D eigenvalue weighted by Gasteiger charge is 2.16. The van der Waals surface area contributed by atoms with E-state index in [1.54, 1.807) is 0 Å². The lowest BCUT2D eigenvalue weighted by atomic mass is 10.2. The predicted octanol–water partition coefficient (Wildman–Crippen LogP) is 2.52. The summed E-state index contributed by atoms with van der Waals surface area (Å²) in [7, 11) is 0. The van der Waals surface area contributed by atoms with Gasteiger partial charge in [0.2, 0.25) is 0 Å². The zero-order chi connectivity index (χ0) is 7.84. The normalized spacial score (nSPS) is 14.4. The Bertz CT molecular complexity index is 298. The first kappa shape index (κ1) is 7.10. The molecule has 58 valence electrons. The van der Waals surface area contributed by atoms with Crippen molar-refractivity contribution >= 4 is 15.9 Å². The van der Waals surface area contributed by atoms with Crippen LogP contribution in [0, 0.1) is 5.82 Å². The van der Waals surface area contributed by atoms with Crippen LogP contribution in [-0.2, 0) is 6.42 Å². The summed E-state index contributed by atoms with van der Waals surface area (Å²) in [5.41, 5.74) is 0.955. The second-order valence-electron chi connectivity index (χ2n) is 2.47. The molecule has 1 aliphatic heterocycles. The Morgan fingerprint density at radius 3 is 3.09 bits per heavy atom. The Labute approximate surface area is 72.3 Å². The standard InChI is InChI=1S/C8H6BrFO/c9-7-4-6(10)3-5-1-2-11-8(5)7/h3-4H,1-2H2. The van der Waals surface area contributed by atoms with Gasteiger partial charge in [-0.2, -0.15) is 0 Å². The molecule has 0 aliphatic carbocycles. The Balaban J connectivity index is 2.60. The van der Waals surface area contributed by atoms with Gasteiger partial charge in [-0.25, -0.2) is 4.39 Å². The first-order valence-corrected chi connectivity index (χ1v) is 4.17. The first-order chi connectivity index (χ1) is 5.27. The Kier molecular flexibility index (Phi) is 1.60. The van der Waals surface area contributed by atoms with E-state index < -0.39 is 0 Å². The van der Waals surface area contributed by atoms with E-state index in [2.05, 4.69) is 15.9 Å². The van der Waals surface area contributed by atoms with Crippen LogP contribution in [-0.4, -0.2) is 6.61 Å². The van der Waals surface area contributed by atoms with Gasteiger partial charge in [0.25, 0.3) is 0 Å². The zero-order valence-electron chi connectivity index (χ0n) is 5.73. The molecule has 3 heteroatoms. The minimum Gasteiger partial charge on any atom is -0.492 e. The van der Waals surface area contributed by atoms with Crippen molar-refractivity contribution in [2.75, 3.05) is 6.61 Å². The van der Waals surface area contributed by atoms with Gasteiger partial charge in [-0.05, 0) is 28.1 Å². The summed E-state index contributed by atoms with van der Waals surface area (Å²) in [5.74, 6) is 0.590. The highest BCUT2D eigenvalue weighted by atomic mass is 79.9. The number of halogens is 2. The molecule has 1 aromatic carbocycles. The molecule has 0 aromatic heterocycles. The molecule has 0 bridgehead atoms. The summed E-state index contributed by atoms with van der Waals surface area (Å²) in [6, 6.07) is 2.94. The molecule has 0 fully saturated rings. The number of hydrogen-bond acceptors (Lipinski definition) is 1. The van der Waals surface area contributed by atoms with Crippen LogP contribution in [0.4, 0.5) is 4.39 Å². The second kappa shape index (κ2) is 2.48. The second-order valence-corrected chi connectivity index (χ2v) is 3.33.